The van der Waals surface area contributed by atoms with Crippen molar-refractivity contribution in [2.45, 2.75) is 6.92 Å². The van der Waals surface area contributed by atoms with E-state index in [9.17, 15) is 0 Å². The van der Waals surface area contributed by atoms with Crippen LogP contribution in [0.5, 0.6) is 5.88 Å². The number of pyridine rings is 2. The Balaban J connectivity index is 2.06. The van der Waals surface area contributed by atoms with Crippen LogP contribution in [0, 0.1) is 11.3 Å². The van der Waals surface area contributed by atoms with Gasteiger partial charge in [-0.15, -0.1) is 0 Å². The van der Waals surface area contributed by atoms with Gasteiger partial charge in [-0.2, -0.15) is 5.26 Å². The lowest BCUT2D eigenvalue weighted by Gasteiger charge is -2.06. The summed E-state index contributed by atoms with van der Waals surface area (Å²) in [4.78, 5) is 8.24. The second-order valence-electron chi connectivity index (χ2n) is 3.49. The normalized spacial score (nSPS) is 9.56. The summed E-state index contributed by atoms with van der Waals surface area (Å²) in [6.45, 7) is 2.51. The molecule has 90 valence electrons. The van der Waals surface area contributed by atoms with E-state index in [1.165, 1.54) is 6.20 Å². The van der Waals surface area contributed by atoms with Gasteiger partial charge in [0.25, 0.3) is 0 Å². The van der Waals surface area contributed by atoms with Gasteiger partial charge in [0.15, 0.2) is 0 Å². The molecular weight excluding hydrogens is 228 g/mol. The van der Waals surface area contributed by atoms with Crippen LogP contribution in [0.1, 0.15) is 12.5 Å². The van der Waals surface area contributed by atoms with E-state index in [-0.39, 0.29) is 0 Å². The highest BCUT2D eigenvalue weighted by molar-refractivity contribution is 5.55. The van der Waals surface area contributed by atoms with Crippen molar-refractivity contribution in [2.75, 3.05) is 11.9 Å². The van der Waals surface area contributed by atoms with Crippen molar-refractivity contribution < 1.29 is 4.74 Å². The molecule has 1 N–H and O–H groups in total. The molecule has 0 saturated heterocycles. The van der Waals surface area contributed by atoms with Gasteiger partial charge in [0.2, 0.25) is 5.88 Å². The highest BCUT2D eigenvalue weighted by Crippen LogP contribution is 2.16. The summed E-state index contributed by atoms with van der Waals surface area (Å²) in [7, 11) is 0. The summed E-state index contributed by atoms with van der Waals surface area (Å²) >= 11 is 0. The van der Waals surface area contributed by atoms with Gasteiger partial charge in [0.1, 0.15) is 11.9 Å². The van der Waals surface area contributed by atoms with Gasteiger partial charge in [-0.05, 0) is 25.1 Å². The predicted molar refractivity (Wildman–Crippen MR) is 67.6 cm³/mol. The third-order valence-corrected chi connectivity index (χ3v) is 2.19. The van der Waals surface area contributed by atoms with Crippen molar-refractivity contribution in [3.8, 4) is 11.9 Å². The van der Waals surface area contributed by atoms with Crippen molar-refractivity contribution in [1.82, 2.24) is 9.97 Å². The molecule has 0 fully saturated rings. The van der Waals surface area contributed by atoms with Gasteiger partial charge in [-0.25, -0.2) is 9.97 Å². The van der Waals surface area contributed by atoms with Crippen LogP contribution in [0.4, 0.5) is 11.5 Å². The molecule has 18 heavy (non-hydrogen) atoms. The first kappa shape index (κ1) is 11.9. The summed E-state index contributed by atoms with van der Waals surface area (Å²) in [6.07, 6.45) is 3.19. The number of ether oxygens (including phenoxy) is 1. The molecule has 0 bridgehead atoms. The van der Waals surface area contributed by atoms with E-state index < -0.39 is 0 Å². The fraction of sp³-hybridized carbons (Fsp3) is 0.154. The number of aromatic nitrogens is 2. The highest BCUT2D eigenvalue weighted by Gasteiger charge is 1.98. The lowest BCUT2D eigenvalue weighted by Crippen LogP contribution is -1.97. The van der Waals surface area contributed by atoms with E-state index >= 15 is 0 Å². The van der Waals surface area contributed by atoms with Gasteiger partial charge in [-0.3, -0.25) is 0 Å². The summed E-state index contributed by atoms with van der Waals surface area (Å²) < 4.78 is 5.25. The molecule has 0 aliphatic heterocycles. The van der Waals surface area contributed by atoms with Crippen LogP contribution < -0.4 is 10.1 Å². The van der Waals surface area contributed by atoms with E-state index in [1.807, 2.05) is 19.1 Å². The molecule has 2 aromatic heterocycles. The fourth-order valence-electron chi connectivity index (χ4n) is 1.37. The maximum absolute atomic E-state index is 8.66. The van der Waals surface area contributed by atoms with Crippen LogP contribution in [0.2, 0.25) is 0 Å². The molecule has 0 aliphatic rings. The van der Waals surface area contributed by atoms with E-state index in [4.69, 9.17) is 10.00 Å². The Morgan fingerprint density at radius 1 is 1.22 bits per heavy atom. The molecule has 0 saturated carbocycles. The maximum Gasteiger partial charge on any atom is 0.213 e. The largest absolute Gasteiger partial charge is 0.478 e. The zero-order valence-electron chi connectivity index (χ0n) is 9.92. The number of hydrogen-bond acceptors (Lipinski definition) is 5. The first-order valence-electron chi connectivity index (χ1n) is 5.54. The summed E-state index contributed by atoms with van der Waals surface area (Å²) in [5, 5.41) is 11.8. The van der Waals surface area contributed by atoms with Crippen molar-refractivity contribution >= 4 is 11.5 Å². The molecule has 0 amide bonds. The Labute approximate surface area is 105 Å². The van der Waals surface area contributed by atoms with Crippen LogP contribution >= 0.6 is 0 Å². The smallest absolute Gasteiger partial charge is 0.213 e. The van der Waals surface area contributed by atoms with Crippen molar-refractivity contribution in [3.05, 3.63) is 42.2 Å². The standard InChI is InChI=1S/C13H12N4O/c1-2-18-13-6-4-11(9-16-13)17-12-5-3-10(7-14)8-15-12/h3-6,8-9H,2H2,1H3,(H,15,17). The molecule has 0 unspecified atom stereocenters. The van der Waals surface area contributed by atoms with E-state index in [0.29, 0.717) is 23.9 Å². The second-order valence-corrected chi connectivity index (χ2v) is 3.49. The third-order valence-electron chi connectivity index (χ3n) is 2.19. The second kappa shape index (κ2) is 5.64. The average molecular weight is 240 g/mol. The average Bonchev–Trinajstić information content (AvgIpc) is 2.42. The van der Waals surface area contributed by atoms with E-state index in [2.05, 4.69) is 15.3 Å². The van der Waals surface area contributed by atoms with Gasteiger partial charge in [-0.1, -0.05) is 0 Å². The number of hydrogen-bond donors (Lipinski definition) is 1. The molecule has 0 aromatic carbocycles. The molecule has 2 heterocycles. The molecule has 0 atom stereocenters. The Kier molecular flexibility index (Phi) is 3.72. The minimum absolute atomic E-state index is 0.533. The maximum atomic E-state index is 8.66. The monoisotopic (exact) mass is 240 g/mol. The Morgan fingerprint density at radius 2 is 2.11 bits per heavy atom. The fourth-order valence-corrected chi connectivity index (χ4v) is 1.37. The molecular formula is C13H12N4O. The number of anilines is 2. The predicted octanol–water partition coefficient (Wildman–Crippen LogP) is 2.49. The molecule has 2 rings (SSSR count). The Hall–Kier alpha value is -2.61. The minimum atomic E-state index is 0.533. The minimum Gasteiger partial charge on any atom is -0.478 e. The van der Waals surface area contributed by atoms with Crippen LogP contribution in [-0.4, -0.2) is 16.6 Å². The molecule has 0 radical (unpaired) electrons. The number of nitriles is 1. The molecule has 5 heteroatoms. The third kappa shape index (κ3) is 2.95. The summed E-state index contributed by atoms with van der Waals surface area (Å²) in [5.41, 5.74) is 1.35. The summed E-state index contributed by atoms with van der Waals surface area (Å²) in [6, 6.07) is 9.12. The van der Waals surface area contributed by atoms with Crippen LogP contribution in [0.3, 0.4) is 0 Å². The van der Waals surface area contributed by atoms with Crippen molar-refractivity contribution in [1.29, 1.82) is 5.26 Å². The van der Waals surface area contributed by atoms with Gasteiger partial charge < -0.3 is 10.1 Å². The van der Waals surface area contributed by atoms with Crippen LogP contribution in [0.25, 0.3) is 0 Å². The molecule has 0 aliphatic carbocycles. The molecule has 2 aromatic rings. The number of nitrogens with zero attached hydrogens (tertiary/aromatic N) is 3. The highest BCUT2D eigenvalue weighted by atomic mass is 16.5. The van der Waals surface area contributed by atoms with Crippen LogP contribution in [0.15, 0.2) is 36.7 Å². The van der Waals surface area contributed by atoms with Gasteiger partial charge in [0.05, 0.1) is 24.1 Å². The first-order chi connectivity index (χ1) is 8.81. The Morgan fingerprint density at radius 3 is 2.67 bits per heavy atom. The van der Waals surface area contributed by atoms with E-state index in [1.54, 1.807) is 24.4 Å². The van der Waals surface area contributed by atoms with Crippen LogP contribution in [-0.2, 0) is 0 Å². The first-order valence-corrected chi connectivity index (χ1v) is 5.54. The van der Waals surface area contributed by atoms with Gasteiger partial charge >= 0.3 is 0 Å². The Bertz CT molecular complexity index is 543. The number of rotatable bonds is 4. The lowest BCUT2D eigenvalue weighted by molar-refractivity contribution is 0.327. The zero-order chi connectivity index (χ0) is 12.8. The lowest BCUT2D eigenvalue weighted by atomic mass is 10.3. The molecule has 5 nitrogen and oxygen atoms in total. The topological polar surface area (TPSA) is 70.8 Å². The molecule has 0 spiro atoms. The van der Waals surface area contributed by atoms with Crippen molar-refractivity contribution in [3.63, 3.8) is 0 Å². The quantitative estimate of drug-likeness (QED) is 0.889. The van der Waals surface area contributed by atoms with E-state index in [0.717, 1.165) is 5.69 Å². The zero-order valence-corrected chi connectivity index (χ0v) is 9.92. The number of nitrogens with one attached hydrogen (secondary N) is 1. The van der Waals surface area contributed by atoms with Gasteiger partial charge in [0, 0.05) is 12.3 Å². The summed E-state index contributed by atoms with van der Waals surface area (Å²) in [5.74, 6) is 1.26. The SMILES string of the molecule is CCOc1ccc(Nc2ccc(C#N)cn2)cn1. The van der Waals surface area contributed by atoms with Crippen molar-refractivity contribution in [2.24, 2.45) is 0 Å².